The van der Waals surface area contributed by atoms with Gasteiger partial charge in [-0.2, -0.15) is 5.10 Å². The molecule has 1 fully saturated rings. The van der Waals surface area contributed by atoms with Crippen LogP contribution in [-0.2, 0) is 11.3 Å². The molecule has 10 heteroatoms. The number of hydrogen-bond donors (Lipinski definition) is 2. The number of amides is 2. The van der Waals surface area contributed by atoms with Gasteiger partial charge in [-0.3, -0.25) is 14.3 Å². The van der Waals surface area contributed by atoms with Gasteiger partial charge in [-0.1, -0.05) is 12.1 Å². The Morgan fingerprint density at radius 2 is 1.88 bits per heavy atom. The summed E-state index contributed by atoms with van der Waals surface area (Å²) in [5.41, 5.74) is 1.50. The molecule has 2 aliphatic rings. The van der Waals surface area contributed by atoms with Gasteiger partial charge in [0.05, 0.1) is 17.6 Å². The van der Waals surface area contributed by atoms with Crippen molar-refractivity contribution in [2.24, 2.45) is 0 Å². The molecule has 0 bridgehead atoms. The Labute approximate surface area is 195 Å². The van der Waals surface area contributed by atoms with E-state index >= 15 is 0 Å². The van der Waals surface area contributed by atoms with Crippen molar-refractivity contribution in [2.45, 2.75) is 25.4 Å². The number of nitrogens with zero attached hydrogens (tertiary/aromatic N) is 3. The molecule has 2 aromatic carbocycles. The van der Waals surface area contributed by atoms with E-state index in [1.165, 1.54) is 16.9 Å². The first-order chi connectivity index (χ1) is 16.5. The summed E-state index contributed by atoms with van der Waals surface area (Å²) in [4.78, 5) is 27.0. The molecule has 0 atom stereocenters. The lowest BCUT2D eigenvalue weighted by molar-refractivity contribution is -0.122. The number of halogens is 1. The number of benzene rings is 2. The van der Waals surface area contributed by atoms with E-state index in [4.69, 9.17) is 9.47 Å². The number of carbonyl (C=O) groups excluding carboxylic acids is 2. The zero-order valence-electron chi connectivity index (χ0n) is 18.4. The third-order valence-corrected chi connectivity index (χ3v) is 5.88. The van der Waals surface area contributed by atoms with E-state index in [-0.39, 0.29) is 37.0 Å². The van der Waals surface area contributed by atoms with Gasteiger partial charge in [-0.25, -0.2) is 4.39 Å². The molecule has 0 unspecified atom stereocenters. The van der Waals surface area contributed by atoms with Crippen LogP contribution >= 0.6 is 0 Å². The van der Waals surface area contributed by atoms with Crippen LogP contribution in [0.25, 0.3) is 0 Å². The van der Waals surface area contributed by atoms with Crippen molar-refractivity contribution < 1.29 is 23.5 Å². The van der Waals surface area contributed by atoms with Crippen molar-refractivity contribution in [2.75, 3.05) is 30.1 Å². The standard InChI is InChI=1S/C24H24FN5O4/c25-19-3-1-2-4-20(19)29-9-7-17(8-10-29)27-23(31)14-30-13-18(12-26-30)28-24(32)16-5-6-21-22(11-16)34-15-33-21/h1-6,11-13,17H,7-10,14-15H2,(H,27,31)(H,28,32). The quantitative estimate of drug-likeness (QED) is 0.581. The predicted molar refractivity (Wildman–Crippen MR) is 123 cm³/mol. The van der Waals surface area contributed by atoms with Crippen molar-refractivity contribution in [3.8, 4) is 11.5 Å². The number of fused-ring (bicyclic) bond motifs is 1. The smallest absolute Gasteiger partial charge is 0.255 e. The van der Waals surface area contributed by atoms with E-state index in [0.717, 1.165) is 12.8 Å². The number of piperidine rings is 1. The predicted octanol–water partition coefficient (Wildman–Crippen LogP) is 2.79. The highest BCUT2D eigenvalue weighted by atomic mass is 19.1. The van der Waals surface area contributed by atoms with Gasteiger partial charge in [-0.05, 0) is 43.2 Å². The Bertz CT molecular complexity index is 1210. The third-order valence-electron chi connectivity index (χ3n) is 5.88. The number of ether oxygens (including phenoxy) is 2. The van der Waals surface area contributed by atoms with E-state index in [9.17, 15) is 14.0 Å². The molecule has 3 aromatic rings. The number of anilines is 2. The van der Waals surface area contributed by atoms with Crippen molar-refractivity contribution in [1.29, 1.82) is 0 Å². The van der Waals surface area contributed by atoms with Crippen molar-refractivity contribution >= 4 is 23.2 Å². The third kappa shape index (κ3) is 4.80. The Morgan fingerprint density at radius 1 is 1.09 bits per heavy atom. The van der Waals surface area contributed by atoms with Gasteiger partial charge < -0.3 is 25.0 Å². The SMILES string of the molecule is O=C(Cn1cc(NC(=O)c2ccc3c(c2)OCO3)cn1)NC1CCN(c2ccccc2F)CC1. The molecule has 0 radical (unpaired) electrons. The first-order valence-corrected chi connectivity index (χ1v) is 11.1. The molecule has 2 amide bonds. The van der Waals surface area contributed by atoms with Crippen molar-refractivity contribution in [3.05, 3.63) is 66.2 Å². The van der Waals surface area contributed by atoms with E-state index < -0.39 is 0 Å². The Kier molecular flexibility index (Phi) is 6.03. The molecule has 0 spiro atoms. The van der Waals surface area contributed by atoms with Crippen LogP contribution in [0.1, 0.15) is 23.2 Å². The second kappa shape index (κ2) is 9.42. The molecule has 5 rings (SSSR count). The van der Waals surface area contributed by atoms with Crippen LogP contribution in [-0.4, -0.2) is 47.5 Å². The molecule has 1 saturated heterocycles. The Balaban J connectivity index is 1.10. The molecule has 1 aromatic heterocycles. The minimum absolute atomic E-state index is 0.0243. The molecule has 0 aliphatic carbocycles. The van der Waals surface area contributed by atoms with Gasteiger partial charge in [0.1, 0.15) is 12.4 Å². The average molecular weight is 465 g/mol. The van der Waals surface area contributed by atoms with Crippen LogP contribution in [0.4, 0.5) is 15.8 Å². The fourth-order valence-electron chi connectivity index (χ4n) is 4.15. The van der Waals surface area contributed by atoms with Crippen LogP contribution in [0.2, 0.25) is 0 Å². The van der Waals surface area contributed by atoms with Crippen LogP contribution in [0.5, 0.6) is 11.5 Å². The summed E-state index contributed by atoms with van der Waals surface area (Å²) in [6.45, 7) is 1.51. The molecule has 34 heavy (non-hydrogen) atoms. The molecule has 176 valence electrons. The van der Waals surface area contributed by atoms with E-state index in [0.29, 0.717) is 41.5 Å². The lowest BCUT2D eigenvalue weighted by Crippen LogP contribution is -2.45. The van der Waals surface area contributed by atoms with E-state index in [2.05, 4.69) is 15.7 Å². The highest BCUT2D eigenvalue weighted by Gasteiger charge is 2.23. The maximum absolute atomic E-state index is 14.0. The summed E-state index contributed by atoms with van der Waals surface area (Å²) in [5, 5.41) is 9.95. The second-order valence-corrected chi connectivity index (χ2v) is 8.23. The van der Waals surface area contributed by atoms with Crippen molar-refractivity contribution in [1.82, 2.24) is 15.1 Å². The second-order valence-electron chi connectivity index (χ2n) is 8.23. The van der Waals surface area contributed by atoms with E-state index in [1.54, 1.807) is 36.5 Å². The maximum Gasteiger partial charge on any atom is 0.255 e. The summed E-state index contributed by atoms with van der Waals surface area (Å²) < 4.78 is 26.0. The van der Waals surface area contributed by atoms with E-state index in [1.807, 2.05) is 11.0 Å². The average Bonchev–Trinajstić information content (AvgIpc) is 3.48. The number of carbonyl (C=O) groups is 2. The van der Waals surface area contributed by atoms with Gasteiger partial charge in [0, 0.05) is 30.9 Å². The zero-order valence-corrected chi connectivity index (χ0v) is 18.4. The molecule has 0 saturated carbocycles. The lowest BCUT2D eigenvalue weighted by atomic mass is 10.0. The number of hydrogen-bond acceptors (Lipinski definition) is 6. The summed E-state index contributed by atoms with van der Waals surface area (Å²) in [6, 6.07) is 11.7. The number of rotatable bonds is 6. The lowest BCUT2D eigenvalue weighted by Gasteiger charge is -2.34. The first kappa shape index (κ1) is 21.7. The van der Waals surface area contributed by atoms with Gasteiger partial charge in [0.15, 0.2) is 11.5 Å². The largest absolute Gasteiger partial charge is 0.454 e. The molecule has 2 aliphatic heterocycles. The number of aromatic nitrogens is 2. The van der Waals surface area contributed by atoms with Crippen molar-refractivity contribution in [3.63, 3.8) is 0 Å². The first-order valence-electron chi connectivity index (χ1n) is 11.1. The molecular formula is C24H24FN5O4. The summed E-state index contributed by atoms with van der Waals surface area (Å²) in [5.74, 6) is 0.420. The monoisotopic (exact) mass is 465 g/mol. The fourth-order valence-corrected chi connectivity index (χ4v) is 4.15. The van der Waals surface area contributed by atoms with Crippen LogP contribution in [0.3, 0.4) is 0 Å². The molecule has 2 N–H and O–H groups in total. The van der Waals surface area contributed by atoms with Crippen LogP contribution < -0.4 is 25.0 Å². The fraction of sp³-hybridized carbons (Fsp3) is 0.292. The minimum atomic E-state index is -0.316. The topological polar surface area (TPSA) is 97.7 Å². The summed E-state index contributed by atoms with van der Waals surface area (Å²) in [6.07, 6.45) is 4.56. The van der Waals surface area contributed by atoms with Gasteiger partial charge in [0.25, 0.3) is 5.91 Å². The molecule has 3 heterocycles. The maximum atomic E-state index is 14.0. The molecule has 9 nitrogen and oxygen atoms in total. The van der Waals surface area contributed by atoms with Gasteiger partial charge in [0.2, 0.25) is 12.7 Å². The normalized spacial score (nSPS) is 15.3. The highest BCUT2D eigenvalue weighted by molar-refractivity contribution is 6.04. The van der Waals surface area contributed by atoms with Crippen LogP contribution in [0, 0.1) is 5.82 Å². The summed E-state index contributed by atoms with van der Waals surface area (Å²) >= 11 is 0. The summed E-state index contributed by atoms with van der Waals surface area (Å²) in [7, 11) is 0. The minimum Gasteiger partial charge on any atom is -0.454 e. The Hall–Kier alpha value is -4.08. The highest BCUT2D eigenvalue weighted by Crippen LogP contribution is 2.32. The Morgan fingerprint density at radius 3 is 2.71 bits per heavy atom. The zero-order chi connectivity index (χ0) is 23.5. The molecular weight excluding hydrogens is 441 g/mol. The van der Waals surface area contributed by atoms with Crippen LogP contribution in [0.15, 0.2) is 54.9 Å². The van der Waals surface area contributed by atoms with Gasteiger partial charge >= 0.3 is 0 Å². The number of para-hydroxylation sites is 1. The number of nitrogens with one attached hydrogen (secondary N) is 2. The van der Waals surface area contributed by atoms with Gasteiger partial charge in [-0.15, -0.1) is 0 Å².